The number of benzene rings is 2. The summed E-state index contributed by atoms with van der Waals surface area (Å²) >= 11 is 12.3. The van der Waals surface area contributed by atoms with Crippen molar-refractivity contribution in [1.29, 1.82) is 0 Å². The highest BCUT2D eigenvalue weighted by molar-refractivity contribution is 6.30. The van der Waals surface area contributed by atoms with E-state index in [1.54, 1.807) is 0 Å². The van der Waals surface area contributed by atoms with E-state index in [1.165, 1.54) is 30.4 Å². The molecule has 4 heteroatoms. The molecule has 2 fully saturated rings. The van der Waals surface area contributed by atoms with Gasteiger partial charge in [-0.2, -0.15) is 0 Å². The van der Waals surface area contributed by atoms with E-state index in [2.05, 4.69) is 29.2 Å². The van der Waals surface area contributed by atoms with Gasteiger partial charge in [-0.3, -0.25) is 4.90 Å². The van der Waals surface area contributed by atoms with Crippen molar-refractivity contribution in [2.24, 2.45) is 0 Å². The second-order valence-corrected chi connectivity index (χ2v) is 8.91. The lowest BCUT2D eigenvalue weighted by Gasteiger charge is -2.53. The highest BCUT2D eigenvalue weighted by Crippen LogP contribution is 2.49. The second-order valence-electron chi connectivity index (χ2n) is 8.04. The maximum absolute atomic E-state index is 10.4. The number of aliphatic hydroxyl groups excluding tert-OH is 1. The lowest BCUT2D eigenvalue weighted by atomic mass is 9.73. The summed E-state index contributed by atoms with van der Waals surface area (Å²) in [7, 11) is 0. The molecule has 2 aromatic rings. The van der Waals surface area contributed by atoms with Crippen LogP contribution in [0.25, 0.3) is 0 Å². The maximum atomic E-state index is 10.4. The summed E-state index contributed by atoms with van der Waals surface area (Å²) in [6.07, 6.45) is 7.48. The van der Waals surface area contributed by atoms with Crippen LogP contribution in [-0.2, 0) is 5.54 Å². The predicted molar refractivity (Wildman–Crippen MR) is 112 cm³/mol. The quantitative estimate of drug-likeness (QED) is 0.644. The van der Waals surface area contributed by atoms with Gasteiger partial charge in [0.1, 0.15) is 0 Å². The smallest absolute Gasteiger partial charge is 0.0570 e. The molecule has 1 N–H and O–H groups in total. The second kappa shape index (κ2) is 8.13. The van der Waals surface area contributed by atoms with E-state index < -0.39 is 0 Å². The largest absolute Gasteiger partial charge is 0.393 e. The highest BCUT2D eigenvalue weighted by atomic mass is 35.5. The summed E-state index contributed by atoms with van der Waals surface area (Å²) in [5.74, 6) is 0. The fourth-order valence-electron chi connectivity index (χ4n) is 5.10. The summed E-state index contributed by atoms with van der Waals surface area (Å²) in [5, 5.41) is 12.0. The molecule has 1 heterocycles. The Balaban J connectivity index is 1.76. The molecule has 2 unspecified atom stereocenters. The topological polar surface area (TPSA) is 23.5 Å². The zero-order valence-electron chi connectivity index (χ0n) is 15.6. The van der Waals surface area contributed by atoms with Gasteiger partial charge in [0, 0.05) is 28.2 Å². The molecule has 0 bridgehead atoms. The van der Waals surface area contributed by atoms with Crippen molar-refractivity contribution >= 4 is 23.2 Å². The molecule has 0 amide bonds. The molecule has 1 aliphatic heterocycles. The minimum Gasteiger partial charge on any atom is -0.393 e. The van der Waals surface area contributed by atoms with Gasteiger partial charge in [-0.25, -0.2) is 0 Å². The fourth-order valence-corrected chi connectivity index (χ4v) is 5.35. The molecule has 2 nitrogen and oxygen atoms in total. The molecule has 4 rings (SSSR count). The van der Waals surface area contributed by atoms with Crippen LogP contribution >= 0.6 is 23.2 Å². The summed E-state index contributed by atoms with van der Waals surface area (Å²) in [4.78, 5) is 2.67. The number of halogens is 2. The Morgan fingerprint density at radius 3 is 2.07 bits per heavy atom. The molecule has 2 aromatic carbocycles. The van der Waals surface area contributed by atoms with Crippen LogP contribution in [0, 0.1) is 0 Å². The van der Waals surface area contributed by atoms with Gasteiger partial charge >= 0.3 is 0 Å². The third-order valence-corrected chi connectivity index (χ3v) is 6.95. The van der Waals surface area contributed by atoms with E-state index >= 15 is 0 Å². The van der Waals surface area contributed by atoms with E-state index in [4.69, 9.17) is 23.2 Å². The van der Waals surface area contributed by atoms with E-state index in [0.29, 0.717) is 0 Å². The summed E-state index contributed by atoms with van der Waals surface area (Å²) in [6.45, 7) is 0.914. The van der Waals surface area contributed by atoms with Crippen LogP contribution in [0.15, 0.2) is 48.5 Å². The van der Waals surface area contributed by atoms with Gasteiger partial charge in [0.25, 0.3) is 0 Å². The first-order valence-electron chi connectivity index (χ1n) is 10.0. The van der Waals surface area contributed by atoms with Crippen LogP contribution in [0.3, 0.4) is 0 Å². The normalized spacial score (nSPS) is 26.0. The Bertz CT molecular complexity index is 753. The predicted octanol–water partition coefficient (Wildman–Crippen LogP) is 6.35. The van der Waals surface area contributed by atoms with Crippen molar-refractivity contribution in [1.82, 2.24) is 4.90 Å². The van der Waals surface area contributed by atoms with Gasteiger partial charge in [0.15, 0.2) is 0 Å². The molecule has 0 aromatic heterocycles. The van der Waals surface area contributed by atoms with Crippen LogP contribution in [0.5, 0.6) is 0 Å². The van der Waals surface area contributed by atoms with Crippen molar-refractivity contribution < 1.29 is 5.11 Å². The molecule has 144 valence electrons. The standard InChI is InChI=1S/C23H27Cl2NO/c24-19-8-4-17(5-9-19)22-16-21(27)12-15-26(22)23(13-2-1-3-14-23)18-6-10-20(25)11-7-18/h4-11,21-22,27H,1-3,12-16H2. The van der Waals surface area contributed by atoms with Crippen molar-refractivity contribution in [2.75, 3.05) is 6.54 Å². The minimum absolute atomic E-state index is 0.0211. The van der Waals surface area contributed by atoms with Gasteiger partial charge in [0.05, 0.1) is 6.10 Å². The van der Waals surface area contributed by atoms with E-state index in [-0.39, 0.29) is 17.7 Å². The van der Waals surface area contributed by atoms with Crippen LogP contribution in [0.1, 0.15) is 62.1 Å². The number of piperidine rings is 1. The average molecular weight is 404 g/mol. The summed E-state index contributed by atoms with van der Waals surface area (Å²) in [6, 6.07) is 16.8. The first-order valence-corrected chi connectivity index (χ1v) is 10.8. The van der Waals surface area contributed by atoms with Gasteiger partial charge in [-0.15, -0.1) is 0 Å². The number of rotatable bonds is 3. The molecular weight excluding hydrogens is 377 g/mol. The van der Waals surface area contributed by atoms with Crippen LogP contribution in [0.2, 0.25) is 10.0 Å². The SMILES string of the molecule is OC1CCN(C2(c3ccc(Cl)cc3)CCCCC2)C(c2ccc(Cl)cc2)C1. The maximum Gasteiger partial charge on any atom is 0.0570 e. The Morgan fingerprint density at radius 2 is 1.44 bits per heavy atom. The third kappa shape index (κ3) is 3.91. The zero-order valence-corrected chi connectivity index (χ0v) is 17.1. The van der Waals surface area contributed by atoms with E-state index in [0.717, 1.165) is 42.3 Å². The first kappa shape index (κ1) is 19.3. The van der Waals surface area contributed by atoms with E-state index in [1.807, 2.05) is 24.3 Å². The van der Waals surface area contributed by atoms with Gasteiger partial charge in [0.2, 0.25) is 0 Å². The third-order valence-electron chi connectivity index (χ3n) is 6.44. The van der Waals surface area contributed by atoms with Crippen molar-refractivity contribution in [3.05, 3.63) is 69.7 Å². The molecule has 2 atom stereocenters. The summed E-state index contributed by atoms with van der Waals surface area (Å²) < 4.78 is 0. The number of hydrogen-bond acceptors (Lipinski definition) is 2. The molecule has 27 heavy (non-hydrogen) atoms. The lowest BCUT2D eigenvalue weighted by molar-refractivity contribution is -0.0495. The Morgan fingerprint density at radius 1 is 0.852 bits per heavy atom. The van der Waals surface area contributed by atoms with Gasteiger partial charge in [-0.05, 0) is 61.1 Å². The van der Waals surface area contributed by atoms with Crippen molar-refractivity contribution in [2.45, 2.75) is 62.6 Å². The van der Waals surface area contributed by atoms with Crippen LogP contribution in [0.4, 0.5) is 0 Å². The average Bonchev–Trinajstić information content (AvgIpc) is 2.69. The number of aliphatic hydroxyl groups is 1. The minimum atomic E-state index is -0.243. The zero-order chi connectivity index (χ0) is 18.9. The van der Waals surface area contributed by atoms with Crippen LogP contribution in [-0.4, -0.2) is 22.7 Å². The van der Waals surface area contributed by atoms with Crippen molar-refractivity contribution in [3.8, 4) is 0 Å². The lowest BCUT2D eigenvalue weighted by Crippen LogP contribution is -2.53. The first-order chi connectivity index (χ1) is 13.1. The molecule has 1 saturated heterocycles. The highest BCUT2D eigenvalue weighted by Gasteiger charge is 2.45. The fraction of sp³-hybridized carbons (Fsp3) is 0.478. The molecule has 1 aliphatic carbocycles. The molecule has 2 aliphatic rings. The summed E-state index contributed by atoms with van der Waals surface area (Å²) in [5.41, 5.74) is 2.63. The molecule has 0 spiro atoms. The molecular formula is C23H27Cl2NO. The van der Waals surface area contributed by atoms with E-state index in [9.17, 15) is 5.11 Å². The van der Waals surface area contributed by atoms with Crippen molar-refractivity contribution in [3.63, 3.8) is 0 Å². The Labute approximate surface area is 172 Å². The molecule has 1 saturated carbocycles. The monoisotopic (exact) mass is 403 g/mol. The number of hydrogen-bond donors (Lipinski definition) is 1. The Kier molecular flexibility index (Phi) is 5.80. The number of nitrogens with zero attached hydrogens (tertiary/aromatic N) is 1. The van der Waals surface area contributed by atoms with Gasteiger partial charge in [-0.1, -0.05) is 66.7 Å². The number of likely N-dealkylation sites (tertiary alicyclic amines) is 1. The Hall–Kier alpha value is -1.06. The van der Waals surface area contributed by atoms with Gasteiger partial charge < -0.3 is 5.11 Å². The molecule has 0 radical (unpaired) electrons. The van der Waals surface area contributed by atoms with Crippen LogP contribution < -0.4 is 0 Å².